The summed E-state index contributed by atoms with van der Waals surface area (Å²) < 4.78 is 37.6. The summed E-state index contributed by atoms with van der Waals surface area (Å²) in [5.41, 5.74) is 0.827. The lowest BCUT2D eigenvalue weighted by Crippen LogP contribution is -2.56. The SMILES string of the molecule is COCC1CCCN1C(=O)c1ccc(N2CC(F)(F)C2)c(OCC2CC2)n1. The van der Waals surface area contributed by atoms with Gasteiger partial charge in [0, 0.05) is 13.7 Å². The Kier molecular flexibility index (Phi) is 4.92. The number of rotatable bonds is 7. The number of amides is 1. The largest absolute Gasteiger partial charge is 0.476 e. The molecule has 1 aromatic heterocycles. The molecule has 8 heteroatoms. The van der Waals surface area contributed by atoms with E-state index in [1.165, 1.54) is 0 Å². The molecule has 148 valence electrons. The third-order valence-corrected chi connectivity index (χ3v) is 5.39. The number of alkyl halides is 2. The average molecular weight is 381 g/mol. The molecule has 0 aromatic carbocycles. The Hall–Kier alpha value is -1.96. The van der Waals surface area contributed by atoms with Gasteiger partial charge in [-0.25, -0.2) is 13.8 Å². The maximum absolute atomic E-state index is 13.3. The molecule has 1 atom stereocenters. The van der Waals surface area contributed by atoms with Gasteiger partial charge in [0.05, 0.1) is 32.3 Å². The number of anilines is 1. The van der Waals surface area contributed by atoms with E-state index in [0.29, 0.717) is 37.1 Å². The highest BCUT2D eigenvalue weighted by molar-refractivity contribution is 5.93. The topological polar surface area (TPSA) is 54.9 Å². The average Bonchev–Trinajstić information content (AvgIpc) is 3.34. The number of aromatic nitrogens is 1. The van der Waals surface area contributed by atoms with Crippen LogP contribution in [0, 0.1) is 5.92 Å². The molecular formula is C19H25F2N3O3. The standard InChI is InChI=1S/C19H25F2N3O3/c1-26-10-14-3-2-8-24(14)18(25)15-6-7-16(23-11-19(20,21)12-23)17(22-15)27-9-13-4-5-13/h6-7,13-14H,2-5,8-12H2,1H3. The fourth-order valence-electron chi connectivity index (χ4n) is 3.68. The van der Waals surface area contributed by atoms with Gasteiger partial charge in [-0.2, -0.15) is 0 Å². The van der Waals surface area contributed by atoms with Gasteiger partial charge in [0.1, 0.15) is 11.4 Å². The molecule has 2 aliphatic heterocycles. The minimum Gasteiger partial charge on any atom is -0.476 e. The van der Waals surface area contributed by atoms with E-state index in [1.807, 2.05) is 0 Å². The second-order valence-electron chi connectivity index (χ2n) is 7.74. The number of carbonyl (C=O) groups is 1. The van der Waals surface area contributed by atoms with Crippen LogP contribution in [0.25, 0.3) is 0 Å². The zero-order chi connectivity index (χ0) is 19.0. The molecule has 1 saturated carbocycles. The Morgan fingerprint density at radius 3 is 2.70 bits per heavy atom. The number of methoxy groups -OCH3 is 1. The molecule has 4 rings (SSSR count). The Balaban J connectivity index is 1.54. The number of carbonyl (C=O) groups excluding carboxylic acids is 1. The minimum atomic E-state index is -2.68. The molecule has 0 spiro atoms. The molecule has 27 heavy (non-hydrogen) atoms. The normalized spacial score (nSPS) is 24.0. The molecule has 0 radical (unpaired) electrons. The Morgan fingerprint density at radius 1 is 1.26 bits per heavy atom. The fourth-order valence-corrected chi connectivity index (χ4v) is 3.68. The van der Waals surface area contributed by atoms with Crippen molar-refractivity contribution in [2.45, 2.75) is 37.6 Å². The summed E-state index contributed by atoms with van der Waals surface area (Å²) in [5.74, 6) is -2.05. The zero-order valence-electron chi connectivity index (χ0n) is 15.5. The Labute approximate surface area is 157 Å². The number of likely N-dealkylation sites (tertiary alicyclic amines) is 1. The number of ether oxygens (including phenoxy) is 2. The second-order valence-corrected chi connectivity index (χ2v) is 7.74. The first-order valence-corrected chi connectivity index (χ1v) is 9.53. The molecule has 2 saturated heterocycles. The first-order valence-electron chi connectivity index (χ1n) is 9.53. The molecule has 6 nitrogen and oxygen atoms in total. The van der Waals surface area contributed by atoms with Crippen molar-refractivity contribution < 1.29 is 23.0 Å². The van der Waals surface area contributed by atoms with Gasteiger partial charge >= 0.3 is 0 Å². The first-order chi connectivity index (χ1) is 13.0. The second kappa shape index (κ2) is 7.22. The predicted molar refractivity (Wildman–Crippen MR) is 95.6 cm³/mol. The first kappa shape index (κ1) is 18.4. The molecule has 1 aromatic rings. The van der Waals surface area contributed by atoms with Gasteiger partial charge in [0.25, 0.3) is 11.8 Å². The molecule has 3 heterocycles. The van der Waals surface area contributed by atoms with Gasteiger partial charge in [-0.05, 0) is 43.7 Å². The predicted octanol–water partition coefficient (Wildman–Crippen LogP) is 2.58. The summed E-state index contributed by atoms with van der Waals surface area (Å²) in [6.45, 7) is 0.996. The number of halogens is 2. The molecule has 1 amide bonds. The summed E-state index contributed by atoms with van der Waals surface area (Å²) in [4.78, 5) is 20.7. The van der Waals surface area contributed by atoms with E-state index in [4.69, 9.17) is 9.47 Å². The van der Waals surface area contributed by atoms with E-state index in [9.17, 15) is 13.6 Å². The summed E-state index contributed by atoms with van der Waals surface area (Å²) in [6.07, 6.45) is 4.07. The third-order valence-electron chi connectivity index (χ3n) is 5.39. The fraction of sp³-hybridized carbons (Fsp3) is 0.684. The van der Waals surface area contributed by atoms with Crippen LogP contribution in [0.3, 0.4) is 0 Å². The van der Waals surface area contributed by atoms with Crippen LogP contribution >= 0.6 is 0 Å². The molecule has 1 aliphatic carbocycles. The molecule has 0 N–H and O–H groups in total. The highest BCUT2D eigenvalue weighted by Gasteiger charge is 2.45. The molecule has 3 aliphatic rings. The van der Waals surface area contributed by atoms with Crippen molar-refractivity contribution in [2.75, 3.05) is 44.9 Å². The van der Waals surface area contributed by atoms with E-state index in [0.717, 1.165) is 25.7 Å². The van der Waals surface area contributed by atoms with E-state index in [-0.39, 0.29) is 30.9 Å². The van der Waals surface area contributed by atoms with Gasteiger partial charge in [-0.3, -0.25) is 4.79 Å². The summed E-state index contributed by atoms with van der Waals surface area (Å²) in [5, 5.41) is 0. The van der Waals surface area contributed by atoms with Crippen molar-refractivity contribution in [1.82, 2.24) is 9.88 Å². The van der Waals surface area contributed by atoms with Crippen LogP contribution in [0.1, 0.15) is 36.2 Å². The zero-order valence-corrected chi connectivity index (χ0v) is 15.5. The highest BCUT2D eigenvalue weighted by Crippen LogP contribution is 2.38. The van der Waals surface area contributed by atoms with Crippen LogP contribution < -0.4 is 9.64 Å². The van der Waals surface area contributed by atoms with E-state index < -0.39 is 5.92 Å². The highest BCUT2D eigenvalue weighted by atomic mass is 19.3. The van der Waals surface area contributed by atoms with Crippen LogP contribution in [0.2, 0.25) is 0 Å². The van der Waals surface area contributed by atoms with Crippen LogP contribution in [-0.4, -0.2) is 67.7 Å². The van der Waals surface area contributed by atoms with Crippen LogP contribution in [0.15, 0.2) is 12.1 Å². The summed E-state index contributed by atoms with van der Waals surface area (Å²) in [7, 11) is 1.63. The molecule has 1 unspecified atom stereocenters. The van der Waals surface area contributed by atoms with Crippen LogP contribution in [0.4, 0.5) is 14.5 Å². The number of pyridine rings is 1. The van der Waals surface area contributed by atoms with Crippen molar-refractivity contribution in [3.8, 4) is 5.88 Å². The lowest BCUT2D eigenvalue weighted by molar-refractivity contribution is -0.0265. The van der Waals surface area contributed by atoms with E-state index in [2.05, 4.69) is 4.98 Å². The van der Waals surface area contributed by atoms with Gasteiger partial charge < -0.3 is 19.3 Å². The van der Waals surface area contributed by atoms with Gasteiger partial charge in [0.15, 0.2) is 0 Å². The number of nitrogens with zero attached hydrogens (tertiary/aromatic N) is 3. The van der Waals surface area contributed by atoms with Crippen LogP contribution in [0.5, 0.6) is 5.88 Å². The van der Waals surface area contributed by atoms with Crippen LogP contribution in [-0.2, 0) is 4.74 Å². The molecular weight excluding hydrogens is 356 g/mol. The third kappa shape index (κ3) is 4.00. The quantitative estimate of drug-likeness (QED) is 0.727. The summed E-state index contributed by atoms with van der Waals surface area (Å²) >= 11 is 0. The van der Waals surface area contributed by atoms with Crippen molar-refractivity contribution in [3.05, 3.63) is 17.8 Å². The summed E-state index contributed by atoms with van der Waals surface area (Å²) in [6, 6.07) is 3.34. The molecule has 0 bridgehead atoms. The monoisotopic (exact) mass is 381 g/mol. The minimum absolute atomic E-state index is 0.0499. The van der Waals surface area contributed by atoms with E-state index >= 15 is 0 Å². The van der Waals surface area contributed by atoms with Gasteiger partial charge in [-0.1, -0.05) is 0 Å². The number of hydrogen-bond donors (Lipinski definition) is 0. The maximum atomic E-state index is 13.3. The van der Waals surface area contributed by atoms with Crippen molar-refractivity contribution in [1.29, 1.82) is 0 Å². The van der Waals surface area contributed by atoms with Crippen molar-refractivity contribution >= 4 is 11.6 Å². The lowest BCUT2D eigenvalue weighted by atomic mass is 10.1. The lowest BCUT2D eigenvalue weighted by Gasteiger charge is -2.40. The molecule has 3 fully saturated rings. The Morgan fingerprint density at radius 2 is 2.04 bits per heavy atom. The van der Waals surface area contributed by atoms with Crippen molar-refractivity contribution in [3.63, 3.8) is 0 Å². The Bertz CT molecular complexity index is 703. The van der Waals surface area contributed by atoms with Crippen molar-refractivity contribution in [2.24, 2.45) is 5.92 Å². The van der Waals surface area contributed by atoms with E-state index in [1.54, 1.807) is 29.0 Å². The van der Waals surface area contributed by atoms with Gasteiger partial charge in [0.2, 0.25) is 5.88 Å². The maximum Gasteiger partial charge on any atom is 0.282 e. The van der Waals surface area contributed by atoms with Gasteiger partial charge in [-0.15, -0.1) is 0 Å². The number of hydrogen-bond acceptors (Lipinski definition) is 5. The smallest absolute Gasteiger partial charge is 0.282 e.